The second-order valence-corrected chi connectivity index (χ2v) is 5.39. The van der Waals surface area contributed by atoms with Crippen LogP contribution in [-0.4, -0.2) is 32.8 Å². The maximum Gasteiger partial charge on any atom is 0.145 e. The molecule has 0 amide bonds. The first-order valence-corrected chi connectivity index (χ1v) is 7.04. The number of benzene rings is 1. The van der Waals surface area contributed by atoms with E-state index in [-0.39, 0.29) is 0 Å². The average Bonchev–Trinajstić information content (AvgIpc) is 2.41. The van der Waals surface area contributed by atoms with Crippen molar-refractivity contribution < 1.29 is 4.74 Å². The van der Waals surface area contributed by atoms with Crippen LogP contribution in [0.4, 0.5) is 5.69 Å². The van der Waals surface area contributed by atoms with Crippen molar-refractivity contribution in [2.75, 3.05) is 31.6 Å². The minimum atomic E-state index is 0.626. The van der Waals surface area contributed by atoms with Gasteiger partial charge < -0.3 is 15.0 Å². The molecule has 3 heteroatoms. The van der Waals surface area contributed by atoms with Crippen LogP contribution < -0.4 is 15.0 Å². The van der Waals surface area contributed by atoms with Gasteiger partial charge in [0.15, 0.2) is 0 Å². The van der Waals surface area contributed by atoms with Gasteiger partial charge in [-0.25, -0.2) is 0 Å². The van der Waals surface area contributed by atoms with Crippen molar-refractivity contribution in [3.05, 3.63) is 23.8 Å². The van der Waals surface area contributed by atoms with Crippen LogP contribution >= 0.6 is 0 Å². The van der Waals surface area contributed by atoms with Crippen LogP contribution in [0.1, 0.15) is 24.8 Å². The Morgan fingerprint density at radius 3 is 3.17 bits per heavy atom. The molecule has 2 aliphatic heterocycles. The summed E-state index contributed by atoms with van der Waals surface area (Å²) >= 11 is 0. The SMILES string of the molecule is CN1CCOc2c(CC3CCCCN3)cccc21. The van der Waals surface area contributed by atoms with Gasteiger partial charge in [0.2, 0.25) is 0 Å². The quantitative estimate of drug-likeness (QED) is 0.866. The molecule has 0 bridgehead atoms. The summed E-state index contributed by atoms with van der Waals surface area (Å²) in [5.41, 5.74) is 2.60. The van der Waals surface area contributed by atoms with E-state index in [9.17, 15) is 0 Å². The zero-order chi connectivity index (χ0) is 12.4. The van der Waals surface area contributed by atoms with E-state index >= 15 is 0 Å². The highest BCUT2D eigenvalue weighted by atomic mass is 16.5. The molecular formula is C15H22N2O. The Morgan fingerprint density at radius 2 is 2.33 bits per heavy atom. The van der Waals surface area contributed by atoms with E-state index < -0.39 is 0 Å². The molecule has 0 aromatic heterocycles. The third kappa shape index (κ3) is 2.32. The topological polar surface area (TPSA) is 24.5 Å². The Kier molecular flexibility index (Phi) is 3.41. The maximum atomic E-state index is 5.90. The molecule has 1 aromatic carbocycles. The summed E-state index contributed by atoms with van der Waals surface area (Å²) in [4.78, 5) is 2.29. The van der Waals surface area contributed by atoms with Gasteiger partial charge in [0.05, 0.1) is 12.2 Å². The average molecular weight is 246 g/mol. The number of hydrogen-bond donors (Lipinski definition) is 1. The summed E-state index contributed by atoms with van der Waals surface area (Å²) in [5.74, 6) is 1.11. The van der Waals surface area contributed by atoms with E-state index in [4.69, 9.17) is 4.74 Å². The monoisotopic (exact) mass is 246 g/mol. The normalized spacial score (nSPS) is 23.4. The van der Waals surface area contributed by atoms with Gasteiger partial charge >= 0.3 is 0 Å². The van der Waals surface area contributed by atoms with Gasteiger partial charge in [-0.2, -0.15) is 0 Å². The number of nitrogens with one attached hydrogen (secondary N) is 1. The number of nitrogens with zero attached hydrogens (tertiary/aromatic N) is 1. The molecule has 1 aromatic rings. The lowest BCUT2D eigenvalue weighted by Crippen LogP contribution is -2.36. The predicted octanol–water partition coefficient (Wildman–Crippen LogP) is 2.20. The second kappa shape index (κ2) is 5.19. The Labute approximate surface area is 109 Å². The van der Waals surface area contributed by atoms with Crippen LogP contribution in [0.3, 0.4) is 0 Å². The smallest absolute Gasteiger partial charge is 0.145 e. The van der Waals surface area contributed by atoms with Gasteiger partial charge in [-0.15, -0.1) is 0 Å². The van der Waals surface area contributed by atoms with E-state index in [2.05, 4.69) is 35.5 Å². The summed E-state index contributed by atoms with van der Waals surface area (Å²) in [7, 11) is 2.14. The highest BCUT2D eigenvalue weighted by Crippen LogP contribution is 2.35. The molecule has 0 aliphatic carbocycles. The van der Waals surface area contributed by atoms with Crippen molar-refractivity contribution in [2.24, 2.45) is 0 Å². The minimum Gasteiger partial charge on any atom is -0.489 e. The fraction of sp³-hybridized carbons (Fsp3) is 0.600. The van der Waals surface area contributed by atoms with Gasteiger partial charge in [0.1, 0.15) is 12.4 Å². The van der Waals surface area contributed by atoms with Gasteiger partial charge in [0.25, 0.3) is 0 Å². The molecule has 1 fully saturated rings. The van der Waals surface area contributed by atoms with Crippen molar-refractivity contribution >= 4 is 5.69 Å². The highest BCUT2D eigenvalue weighted by Gasteiger charge is 2.21. The van der Waals surface area contributed by atoms with Crippen molar-refractivity contribution in [1.82, 2.24) is 5.32 Å². The molecular weight excluding hydrogens is 224 g/mol. The summed E-state index contributed by atoms with van der Waals surface area (Å²) in [6.45, 7) is 2.96. The maximum absolute atomic E-state index is 5.90. The lowest BCUT2D eigenvalue weighted by Gasteiger charge is -2.30. The Morgan fingerprint density at radius 1 is 1.39 bits per heavy atom. The van der Waals surface area contributed by atoms with Crippen molar-refractivity contribution in [3.63, 3.8) is 0 Å². The lowest BCUT2D eigenvalue weighted by atomic mass is 9.96. The van der Waals surface area contributed by atoms with Gasteiger partial charge in [-0.3, -0.25) is 0 Å². The number of likely N-dealkylation sites (N-methyl/N-ethyl adjacent to an activating group) is 1. The van der Waals surface area contributed by atoms with Crippen LogP contribution in [0.2, 0.25) is 0 Å². The molecule has 1 unspecified atom stereocenters. The number of rotatable bonds is 2. The zero-order valence-corrected chi connectivity index (χ0v) is 11.1. The Bertz CT molecular complexity index is 413. The molecule has 3 nitrogen and oxygen atoms in total. The molecule has 0 radical (unpaired) electrons. The molecule has 0 saturated carbocycles. The number of piperidine rings is 1. The number of anilines is 1. The van der Waals surface area contributed by atoms with Crippen LogP contribution in [0.5, 0.6) is 5.75 Å². The standard InChI is InChI=1S/C15H22N2O/c1-17-9-10-18-15-12(5-4-7-14(15)17)11-13-6-2-3-8-16-13/h4-5,7,13,16H,2-3,6,8-11H2,1H3. The molecule has 1 atom stereocenters. The Balaban J connectivity index is 1.81. The highest BCUT2D eigenvalue weighted by molar-refractivity contribution is 5.63. The van der Waals surface area contributed by atoms with E-state index in [0.717, 1.165) is 25.3 Å². The van der Waals surface area contributed by atoms with E-state index in [1.807, 2.05) is 0 Å². The van der Waals surface area contributed by atoms with Crippen LogP contribution in [0.15, 0.2) is 18.2 Å². The van der Waals surface area contributed by atoms with Crippen LogP contribution in [0.25, 0.3) is 0 Å². The summed E-state index contributed by atoms with van der Waals surface area (Å²) in [6, 6.07) is 7.16. The molecule has 0 spiro atoms. The molecule has 2 heterocycles. The van der Waals surface area contributed by atoms with Gasteiger partial charge in [0, 0.05) is 13.1 Å². The summed E-state index contributed by atoms with van der Waals surface area (Å²) in [5, 5.41) is 3.62. The van der Waals surface area contributed by atoms with Crippen LogP contribution in [-0.2, 0) is 6.42 Å². The number of para-hydroxylation sites is 1. The van der Waals surface area contributed by atoms with Crippen molar-refractivity contribution in [2.45, 2.75) is 31.7 Å². The molecule has 1 N–H and O–H groups in total. The van der Waals surface area contributed by atoms with Gasteiger partial charge in [-0.1, -0.05) is 18.6 Å². The first-order valence-electron chi connectivity index (χ1n) is 7.04. The summed E-state index contributed by atoms with van der Waals surface area (Å²) < 4.78 is 5.90. The predicted molar refractivity (Wildman–Crippen MR) is 74.6 cm³/mol. The van der Waals surface area contributed by atoms with Gasteiger partial charge in [-0.05, 0) is 37.4 Å². The van der Waals surface area contributed by atoms with Crippen molar-refractivity contribution in [1.29, 1.82) is 0 Å². The number of ether oxygens (including phenoxy) is 1. The first-order chi connectivity index (χ1) is 8.84. The molecule has 98 valence electrons. The fourth-order valence-electron chi connectivity index (χ4n) is 2.97. The molecule has 2 aliphatic rings. The minimum absolute atomic E-state index is 0.626. The third-order valence-corrected chi connectivity index (χ3v) is 4.04. The Hall–Kier alpha value is -1.22. The largest absolute Gasteiger partial charge is 0.489 e. The lowest BCUT2D eigenvalue weighted by molar-refractivity contribution is 0.304. The molecule has 18 heavy (non-hydrogen) atoms. The van der Waals surface area contributed by atoms with E-state index in [1.165, 1.54) is 37.1 Å². The third-order valence-electron chi connectivity index (χ3n) is 4.04. The second-order valence-electron chi connectivity index (χ2n) is 5.39. The zero-order valence-electron chi connectivity index (χ0n) is 11.1. The molecule has 3 rings (SSSR count). The van der Waals surface area contributed by atoms with Crippen molar-refractivity contribution in [3.8, 4) is 5.75 Å². The van der Waals surface area contributed by atoms with Crippen LogP contribution in [0, 0.1) is 0 Å². The van der Waals surface area contributed by atoms with E-state index in [0.29, 0.717) is 6.04 Å². The fourth-order valence-corrected chi connectivity index (χ4v) is 2.97. The first kappa shape index (κ1) is 11.8. The number of fused-ring (bicyclic) bond motifs is 1. The molecule has 1 saturated heterocycles. The van der Waals surface area contributed by atoms with E-state index in [1.54, 1.807) is 0 Å². The summed E-state index contributed by atoms with van der Waals surface area (Å²) in [6.07, 6.45) is 5.06. The number of hydrogen-bond acceptors (Lipinski definition) is 3.